The third-order valence-corrected chi connectivity index (χ3v) is 2.27. The Bertz CT molecular complexity index is 311. The highest BCUT2D eigenvalue weighted by molar-refractivity contribution is 14.1. The Kier molecular flexibility index (Phi) is 3.68. The van der Waals surface area contributed by atoms with Gasteiger partial charge in [-0.1, -0.05) is 12.1 Å². The fourth-order valence-corrected chi connectivity index (χ4v) is 1.58. The molecule has 0 spiro atoms. The first-order chi connectivity index (χ1) is 6.09. The van der Waals surface area contributed by atoms with Gasteiger partial charge in [0, 0.05) is 9.99 Å². The molecule has 0 saturated heterocycles. The molecule has 0 aliphatic rings. The maximum Gasteiger partial charge on any atom is 0.332 e. The molecule has 2 N–H and O–H groups in total. The van der Waals surface area contributed by atoms with Crippen LogP contribution < -0.4 is 0 Å². The van der Waals surface area contributed by atoms with E-state index in [1.54, 1.807) is 6.07 Å². The molecule has 0 saturated carbocycles. The third-order valence-electron chi connectivity index (χ3n) is 1.60. The van der Waals surface area contributed by atoms with Crippen LogP contribution in [0.4, 0.5) is 0 Å². The summed E-state index contributed by atoms with van der Waals surface area (Å²) in [7, 11) is 0. The van der Waals surface area contributed by atoms with Gasteiger partial charge in [0.05, 0.1) is 0 Å². The van der Waals surface area contributed by atoms with Gasteiger partial charge in [0.2, 0.25) is 0 Å². The van der Waals surface area contributed by atoms with Gasteiger partial charge in [0.15, 0.2) is 6.10 Å². The summed E-state index contributed by atoms with van der Waals surface area (Å²) in [6, 6.07) is 7.41. The Labute approximate surface area is 89.5 Å². The van der Waals surface area contributed by atoms with Crippen molar-refractivity contribution in [2.75, 3.05) is 0 Å². The normalized spacial score (nSPS) is 12.5. The van der Waals surface area contributed by atoms with Gasteiger partial charge >= 0.3 is 5.97 Å². The molecule has 0 aliphatic heterocycles. The first-order valence-electron chi connectivity index (χ1n) is 3.75. The molecule has 0 radical (unpaired) electrons. The number of carboxylic acid groups (broad SMARTS) is 1. The molecule has 1 atom stereocenters. The molecule has 1 aromatic rings. The zero-order chi connectivity index (χ0) is 9.84. The smallest absolute Gasteiger partial charge is 0.332 e. The highest BCUT2D eigenvalue weighted by Gasteiger charge is 2.13. The zero-order valence-electron chi connectivity index (χ0n) is 6.77. The maximum atomic E-state index is 10.3. The minimum atomic E-state index is -1.31. The predicted molar refractivity (Wildman–Crippen MR) is 56.5 cm³/mol. The number of halogens is 1. The van der Waals surface area contributed by atoms with Crippen LogP contribution in [0.2, 0.25) is 0 Å². The van der Waals surface area contributed by atoms with Gasteiger partial charge in [0.25, 0.3) is 0 Å². The lowest BCUT2D eigenvalue weighted by Gasteiger charge is -2.05. The van der Waals surface area contributed by atoms with E-state index in [2.05, 4.69) is 22.6 Å². The predicted octanol–water partition coefficient (Wildman–Crippen LogP) is 1.28. The number of rotatable bonds is 3. The van der Waals surface area contributed by atoms with Crippen LogP contribution in [0.15, 0.2) is 24.3 Å². The first-order valence-corrected chi connectivity index (χ1v) is 4.83. The lowest BCUT2D eigenvalue weighted by Crippen LogP contribution is -2.21. The van der Waals surface area contributed by atoms with Crippen molar-refractivity contribution in [2.45, 2.75) is 12.5 Å². The summed E-state index contributed by atoms with van der Waals surface area (Å²) in [5.74, 6) is -1.18. The average molecular weight is 292 g/mol. The minimum absolute atomic E-state index is 0.159. The van der Waals surface area contributed by atoms with Gasteiger partial charge in [-0.25, -0.2) is 4.79 Å². The van der Waals surface area contributed by atoms with E-state index in [1.165, 1.54) is 0 Å². The molecule has 1 rings (SSSR count). The summed E-state index contributed by atoms with van der Waals surface area (Å²) in [5, 5.41) is 17.5. The van der Waals surface area contributed by atoms with Crippen molar-refractivity contribution in [2.24, 2.45) is 0 Å². The van der Waals surface area contributed by atoms with Crippen LogP contribution in [0.3, 0.4) is 0 Å². The van der Waals surface area contributed by atoms with E-state index in [-0.39, 0.29) is 6.42 Å². The van der Waals surface area contributed by atoms with Crippen LogP contribution in [0.25, 0.3) is 0 Å². The fraction of sp³-hybridized carbons (Fsp3) is 0.222. The van der Waals surface area contributed by atoms with Crippen molar-refractivity contribution >= 4 is 28.6 Å². The molecule has 0 bridgehead atoms. The summed E-state index contributed by atoms with van der Waals surface area (Å²) < 4.78 is 1.03. The molecule has 3 nitrogen and oxygen atoms in total. The van der Waals surface area contributed by atoms with Gasteiger partial charge in [-0.05, 0) is 40.3 Å². The van der Waals surface area contributed by atoms with Gasteiger partial charge in [-0.3, -0.25) is 0 Å². The summed E-state index contributed by atoms with van der Waals surface area (Å²) in [6.45, 7) is 0. The van der Waals surface area contributed by atoms with E-state index in [4.69, 9.17) is 10.2 Å². The Morgan fingerprint density at radius 3 is 2.77 bits per heavy atom. The van der Waals surface area contributed by atoms with Crippen molar-refractivity contribution in [1.29, 1.82) is 0 Å². The molecule has 4 heteroatoms. The molecule has 0 aliphatic carbocycles. The first kappa shape index (κ1) is 10.5. The topological polar surface area (TPSA) is 57.5 Å². The van der Waals surface area contributed by atoms with Crippen LogP contribution in [-0.2, 0) is 11.2 Å². The molecule has 0 heterocycles. The van der Waals surface area contributed by atoms with Gasteiger partial charge in [-0.2, -0.15) is 0 Å². The van der Waals surface area contributed by atoms with Crippen molar-refractivity contribution in [1.82, 2.24) is 0 Å². The molecule has 0 fully saturated rings. The average Bonchev–Trinajstić information content (AvgIpc) is 2.04. The number of carboxylic acids is 1. The Morgan fingerprint density at radius 2 is 2.23 bits per heavy atom. The second kappa shape index (κ2) is 4.57. The summed E-state index contributed by atoms with van der Waals surface area (Å²) >= 11 is 2.14. The van der Waals surface area contributed by atoms with E-state index in [0.717, 1.165) is 9.13 Å². The number of carbonyl (C=O) groups is 1. The largest absolute Gasteiger partial charge is 0.479 e. The Morgan fingerprint density at radius 1 is 1.54 bits per heavy atom. The number of aliphatic hydroxyl groups excluding tert-OH is 1. The second-order valence-electron chi connectivity index (χ2n) is 2.69. The molecule has 13 heavy (non-hydrogen) atoms. The number of aliphatic hydroxyl groups is 1. The molecule has 1 unspecified atom stereocenters. The maximum absolute atomic E-state index is 10.3. The summed E-state index contributed by atoms with van der Waals surface area (Å²) in [6.07, 6.45) is -1.15. The molecule has 1 aromatic carbocycles. The van der Waals surface area contributed by atoms with Gasteiger partial charge < -0.3 is 10.2 Å². The van der Waals surface area contributed by atoms with E-state index >= 15 is 0 Å². The standard InChI is InChI=1S/C9H9IO3/c10-7-3-1-2-6(4-7)5-8(11)9(12)13/h1-4,8,11H,5H2,(H,12,13). The van der Waals surface area contributed by atoms with Crippen molar-refractivity contribution in [3.8, 4) is 0 Å². The van der Waals surface area contributed by atoms with Crippen molar-refractivity contribution in [3.05, 3.63) is 33.4 Å². The van der Waals surface area contributed by atoms with Crippen LogP contribution in [0, 0.1) is 3.57 Å². The fourth-order valence-electron chi connectivity index (χ4n) is 0.975. The van der Waals surface area contributed by atoms with Crippen LogP contribution in [0.5, 0.6) is 0 Å². The third kappa shape index (κ3) is 3.31. The van der Waals surface area contributed by atoms with Gasteiger partial charge in [0.1, 0.15) is 0 Å². The molecular weight excluding hydrogens is 283 g/mol. The minimum Gasteiger partial charge on any atom is -0.479 e. The number of hydrogen-bond donors (Lipinski definition) is 2. The van der Waals surface area contributed by atoms with E-state index in [9.17, 15) is 4.79 Å². The Hall–Kier alpha value is -0.620. The Balaban J connectivity index is 2.69. The van der Waals surface area contributed by atoms with E-state index < -0.39 is 12.1 Å². The highest BCUT2D eigenvalue weighted by Crippen LogP contribution is 2.09. The molecule has 0 aromatic heterocycles. The van der Waals surface area contributed by atoms with Crippen LogP contribution in [-0.4, -0.2) is 22.3 Å². The van der Waals surface area contributed by atoms with Gasteiger partial charge in [-0.15, -0.1) is 0 Å². The highest BCUT2D eigenvalue weighted by atomic mass is 127. The van der Waals surface area contributed by atoms with Crippen molar-refractivity contribution < 1.29 is 15.0 Å². The molecular formula is C9H9IO3. The van der Waals surface area contributed by atoms with E-state index in [1.807, 2.05) is 18.2 Å². The molecule has 70 valence electrons. The van der Waals surface area contributed by atoms with Crippen LogP contribution in [0.1, 0.15) is 5.56 Å². The number of aliphatic carboxylic acids is 1. The second-order valence-corrected chi connectivity index (χ2v) is 3.93. The summed E-state index contributed by atoms with van der Waals surface area (Å²) in [4.78, 5) is 10.3. The summed E-state index contributed by atoms with van der Waals surface area (Å²) in [5.41, 5.74) is 0.835. The number of hydrogen-bond acceptors (Lipinski definition) is 2. The lowest BCUT2D eigenvalue weighted by molar-refractivity contribution is -0.146. The van der Waals surface area contributed by atoms with E-state index in [0.29, 0.717) is 0 Å². The quantitative estimate of drug-likeness (QED) is 0.825. The monoisotopic (exact) mass is 292 g/mol. The SMILES string of the molecule is O=C(O)C(O)Cc1cccc(I)c1. The molecule has 0 amide bonds. The van der Waals surface area contributed by atoms with Crippen molar-refractivity contribution in [3.63, 3.8) is 0 Å². The number of benzene rings is 1. The zero-order valence-corrected chi connectivity index (χ0v) is 8.93. The lowest BCUT2D eigenvalue weighted by atomic mass is 10.1. The van der Waals surface area contributed by atoms with Crippen LogP contribution >= 0.6 is 22.6 Å².